The molecule has 1 aliphatic rings. The van der Waals surface area contributed by atoms with Gasteiger partial charge >= 0.3 is 0 Å². The van der Waals surface area contributed by atoms with E-state index in [-0.39, 0.29) is 11.7 Å². The molecule has 1 fully saturated rings. The van der Waals surface area contributed by atoms with Gasteiger partial charge in [-0.1, -0.05) is 12.1 Å². The minimum absolute atomic E-state index is 0.0455. The first-order valence-corrected chi connectivity index (χ1v) is 6.30. The van der Waals surface area contributed by atoms with E-state index in [0.29, 0.717) is 23.1 Å². The van der Waals surface area contributed by atoms with Crippen LogP contribution in [0.2, 0.25) is 0 Å². The van der Waals surface area contributed by atoms with E-state index in [4.69, 9.17) is 17.0 Å². The second-order valence-electron chi connectivity index (χ2n) is 4.12. The van der Waals surface area contributed by atoms with Crippen molar-refractivity contribution in [3.05, 3.63) is 42.1 Å². The Morgan fingerprint density at radius 1 is 1.55 bits per heavy atom. The quantitative estimate of drug-likeness (QED) is 0.501. The number of hydrogen-bond donors (Lipinski definition) is 2. The summed E-state index contributed by atoms with van der Waals surface area (Å²) in [4.78, 5) is 13.5. The van der Waals surface area contributed by atoms with Crippen LogP contribution in [0.3, 0.4) is 0 Å². The van der Waals surface area contributed by atoms with E-state index in [0.717, 1.165) is 5.56 Å². The fourth-order valence-corrected chi connectivity index (χ4v) is 2.08. The van der Waals surface area contributed by atoms with Gasteiger partial charge in [-0.25, -0.2) is 0 Å². The molecular formula is C14H14N2O3S. The van der Waals surface area contributed by atoms with E-state index in [1.807, 2.05) is 0 Å². The van der Waals surface area contributed by atoms with Crippen LogP contribution in [0.1, 0.15) is 5.56 Å². The number of methoxy groups -OCH3 is 1. The lowest BCUT2D eigenvalue weighted by Crippen LogP contribution is -2.30. The third kappa shape index (κ3) is 2.65. The summed E-state index contributed by atoms with van der Waals surface area (Å²) in [6, 6.07) is 4.82. The van der Waals surface area contributed by atoms with Crippen LogP contribution in [0.4, 0.5) is 0 Å². The number of ether oxygens (including phenoxy) is 1. The molecule has 0 radical (unpaired) electrons. The highest BCUT2D eigenvalue weighted by Gasteiger charge is 2.29. The Balaban J connectivity index is 2.30. The van der Waals surface area contributed by atoms with E-state index < -0.39 is 0 Å². The number of carbonyl (C=O) groups excluding carboxylic acids is 1. The zero-order valence-corrected chi connectivity index (χ0v) is 11.7. The van der Waals surface area contributed by atoms with Crippen molar-refractivity contribution in [2.75, 3.05) is 13.7 Å². The van der Waals surface area contributed by atoms with E-state index in [2.05, 4.69) is 11.9 Å². The normalized spacial score (nSPS) is 16.4. The van der Waals surface area contributed by atoms with Crippen LogP contribution >= 0.6 is 12.2 Å². The monoisotopic (exact) mass is 290 g/mol. The van der Waals surface area contributed by atoms with Crippen molar-refractivity contribution < 1.29 is 14.6 Å². The number of nitrogens with one attached hydrogen (secondary N) is 1. The van der Waals surface area contributed by atoms with Gasteiger partial charge in [0.2, 0.25) is 0 Å². The lowest BCUT2D eigenvalue weighted by atomic mass is 10.1. The number of hydrogen-bond acceptors (Lipinski definition) is 4. The number of phenolic OH excluding ortho intramolecular Hbond substituents is 1. The second kappa shape index (κ2) is 5.75. The molecule has 0 saturated carbocycles. The van der Waals surface area contributed by atoms with Crippen LogP contribution in [0.5, 0.6) is 11.5 Å². The molecule has 1 amide bonds. The Bertz CT molecular complexity index is 610. The Labute approximate surface area is 122 Å². The van der Waals surface area contributed by atoms with Gasteiger partial charge in [0, 0.05) is 6.54 Å². The number of aromatic hydroxyl groups is 1. The molecule has 1 aliphatic heterocycles. The molecule has 6 heteroatoms. The van der Waals surface area contributed by atoms with Gasteiger partial charge in [0.15, 0.2) is 16.6 Å². The number of nitrogens with zero attached hydrogens (tertiary/aromatic N) is 1. The molecule has 1 aromatic rings. The number of amides is 1. The third-order valence-corrected chi connectivity index (χ3v) is 3.11. The summed E-state index contributed by atoms with van der Waals surface area (Å²) in [6.07, 6.45) is 3.26. The molecule has 0 bridgehead atoms. The average Bonchev–Trinajstić information content (AvgIpc) is 2.69. The summed E-state index contributed by atoms with van der Waals surface area (Å²) in [7, 11) is 1.46. The highest BCUT2D eigenvalue weighted by molar-refractivity contribution is 7.80. The summed E-state index contributed by atoms with van der Waals surface area (Å²) >= 11 is 5.09. The predicted molar refractivity (Wildman–Crippen MR) is 80.3 cm³/mol. The minimum Gasteiger partial charge on any atom is -0.504 e. The smallest absolute Gasteiger partial charge is 0.276 e. The standard InChI is InChI=1S/C14H14N2O3S/c1-3-6-16-13(18)10(15-14(16)20)7-9-4-5-11(17)12(8-9)19-2/h3-5,7-8,17H,1,6H2,2H3,(H,15,20). The van der Waals surface area contributed by atoms with Crippen LogP contribution < -0.4 is 10.1 Å². The molecule has 2 rings (SSSR count). The summed E-state index contributed by atoms with van der Waals surface area (Å²) in [5, 5.41) is 12.7. The molecule has 0 unspecified atom stereocenters. The predicted octanol–water partition coefficient (Wildman–Crippen LogP) is 1.64. The van der Waals surface area contributed by atoms with Crippen molar-refractivity contribution in [2.24, 2.45) is 0 Å². The summed E-state index contributed by atoms with van der Waals surface area (Å²) in [6.45, 7) is 3.95. The number of carbonyl (C=O) groups is 1. The summed E-state index contributed by atoms with van der Waals surface area (Å²) in [5.41, 5.74) is 1.10. The van der Waals surface area contributed by atoms with Gasteiger partial charge in [-0.2, -0.15) is 0 Å². The minimum atomic E-state index is -0.207. The molecule has 5 nitrogen and oxygen atoms in total. The van der Waals surface area contributed by atoms with Gasteiger partial charge in [0.1, 0.15) is 5.70 Å². The first-order valence-electron chi connectivity index (χ1n) is 5.89. The largest absolute Gasteiger partial charge is 0.504 e. The first-order chi connectivity index (χ1) is 9.56. The zero-order chi connectivity index (χ0) is 14.7. The highest BCUT2D eigenvalue weighted by Crippen LogP contribution is 2.27. The van der Waals surface area contributed by atoms with Crippen molar-refractivity contribution in [3.63, 3.8) is 0 Å². The molecule has 1 aromatic carbocycles. The summed E-state index contributed by atoms with van der Waals surface area (Å²) in [5.74, 6) is 0.182. The van der Waals surface area contributed by atoms with Crippen molar-refractivity contribution in [1.82, 2.24) is 10.2 Å². The van der Waals surface area contributed by atoms with E-state index in [1.54, 1.807) is 24.3 Å². The van der Waals surface area contributed by atoms with Gasteiger partial charge in [0.05, 0.1) is 7.11 Å². The van der Waals surface area contributed by atoms with Crippen LogP contribution in [-0.2, 0) is 4.79 Å². The summed E-state index contributed by atoms with van der Waals surface area (Å²) < 4.78 is 5.02. The Morgan fingerprint density at radius 2 is 2.30 bits per heavy atom. The molecular weight excluding hydrogens is 276 g/mol. The molecule has 0 aromatic heterocycles. The maximum absolute atomic E-state index is 12.1. The fraction of sp³-hybridized carbons (Fsp3) is 0.143. The fourth-order valence-electron chi connectivity index (χ4n) is 1.82. The Hall–Kier alpha value is -2.34. The van der Waals surface area contributed by atoms with E-state index >= 15 is 0 Å². The van der Waals surface area contributed by atoms with Gasteiger partial charge < -0.3 is 15.2 Å². The number of thiocarbonyl (C=S) groups is 1. The van der Waals surface area contributed by atoms with Crippen molar-refractivity contribution in [3.8, 4) is 11.5 Å². The van der Waals surface area contributed by atoms with Crippen LogP contribution in [0.25, 0.3) is 6.08 Å². The molecule has 104 valence electrons. The van der Waals surface area contributed by atoms with Gasteiger partial charge in [-0.3, -0.25) is 9.69 Å². The van der Waals surface area contributed by atoms with Crippen LogP contribution in [0, 0.1) is 0 Å². The van der Waals surface area contributed by atoms with Gasteiger partial charge in [0.25, 0.3) is 5.91 Å². The zero-order valence-electron chi connectivity index (χ0n) is 10.9. The number of rotatable bonds is 4. The maximum atomic E-state index is 12.1. The van der Waals surface area contributed by atoms with Gasteiger partial charge in [-0.15, -0.1) is 6.58 Å². The molecule has 0 spiro atoms. The number of phenols is 1. The highest BCUT2D eigenvalue weighted by atomic mass is 32.1. The Morgan fingerprint density at radius 3 is 2.95 bits per heavy atom. The van der Waals surface area contributed by atoms with Crippen molar-refractivity contribution in [2.45, 2.75) is 0 Å². The second-order valence-corrected chi connectivity index (χ2v) is 4.51. The molecule has 1 saturated heterocycles. The van der Waals surface area contributed by atoms with Gasteiger partial charge in [-0.05, 0) is 36.0 Å². The van der Waals surface area contributed by atoms with Crippen molar-refractivity contribution in [1.29, 1.82) is 0 Å². The first kappa shape index (κ1) is 14.1. The van der Waals surface area contributed by atoms with E-state index in [9.17, 15) is 9.90 Å². The third-order valence-electron chi connectivity index (χ3n) is 2.79. The van der Waals surface area contributed by atoms with Crippen LogP contribution in [-0.4, -0.2) is 34.7 Å². The van der Waals surface area contributed by atoms with E-state index in [1.165, 1.54) is 18.1 Å². The molecule has 1 heterocycles. The molecule has 20 heavy (non-hydrogen) atoms. The Kier molecular flexibility index (Phi) is 4.05. The number of benzene rings is 1. The molecule has 0 aliphatic carbocycles. The average molecular weight is 290 g/mol. The van der Waals surface area contributed by atoms with Crippen molar-refractivity contribution >= 4 is 29.3 Å². The molecule has 0 atom stereocenters. The molecule has 2 N–H and O–H groups in total. The lowest BCUT2D eigenvalue weighted by Gasteiger charge is -2.09. The van der Waals surface area contributed by atoms with Crippen LogP contribution in [0.15, 0.2) is 36.6 Å². The topological polar surface area (TPSA) is 61.8 Å². The SMILES string of the molecule is C=CCN1C(=O)C(=Cc2ccc(O)c(OC)c2)NC1=S. The maximum Gasteiger partial charge on any atom is 0.276 e. The lowest BCUT2D eigenvalue weighted by molar-refractivity contribution is -0.122.